The normalized spacial score (nSPS) is 20.4. The maximum atomic E-state index is 12.7. The predicted molar refractivity (Wildman–Crippen MR) is 114 cm³/mol. The molecule has 2 aliphatic rings. The van der Waals surface area contributed by atoms with Crippen LogP contribution in [-0.2, 0) is 9.59 Å². The Morgan fingerprint density at radius 1 is 1.21 bits per heavy atom. The van der Waals surface area contributed by atoms with E-state index in [1.165, 1.54) is 0 Å². The molecule has 6 nitrogen and oxygen atoms in total. The number of amides is 2. The molecule has 0 atom stereocenters. The monoisotopic (exact) mass is 421 g/mol. The number of benzene rings is 1. The molecule has 0 radical (unpaired) electrons. The first-order valence-electron chi connectivity index (χ1n) is 10.5. The summed E-state index contributed by atoms with van der Waals surface area (Å²) < 4.78 is 5.95. The smallest absolute Gasteiger partial charge is 0.236 e. The summed E-state index contributed by atoms with van der Waals surface area (Å²) in [6, 6.07) is 7.24. The Labute approximate surface area is 178 Å². The van der Waals surface area contributed by atoms with Gasteiger partial charge in [-0.1, -0.05) is 24.6 Å². The van der Waals surface area contributed by atoms with Crippen LogP contribution in [0.4, 0.5) is 0 Å². The SMILES string of the molecule is CC1CCN(CC(=O)N2CCC(COc3cccc(Cl)c3)(CC(N)=O)CC2)CC1. The lowest BCUT2D eigenvalue weighted by molar-refractivity contribution is -0.136. The van der Waals surface area contributed by atoms with E-state index in [4.69, 9.17) is 22.1 Å². The van der Waals surface area contributed by atoms with Crippen LogP contribution < -0.4 is 10.5 Å². The topological polar surface area (TPSA) is 75.9 Å². The summed E-state index contributed by atoms with van der Waals surface area (Å²) in [5, 5.41) is 0.610. The summed E-state index contributed by atoms with van der Waals surface area (Å²) in [5.41, 5.74) is 5.19. The molecule has 2 aliphatic heterocycles. The molecule has 2 heterocycles. The number of rotatable bonds is 7. The molecule has 2 fully saturated rings. The molecule has 2 saturated heterocycles. The van der Waals surface area contributed by atoms with Crippen molar-refractivity contribution in [3.63, 3.8) is 0 Å². The quantitative estimate of drug-likeness (QED) is 0.734. The van der Waals surface area contributed by atoms with Gasteiger partial charge in [-0.25, -0.2) is 0 Å². The third-order valence-electron chi connectivity index (χ3n) is 6.30. The van der Waals surface area contributed by atoms with Gasteiger partial charge in [0, 0.05) is 29.9 Å². The van der Waals surface area contributed by atoms with Crippen LogP contribution >= 0.6 is 11.6 Å². The fourth-order valence-corrected chi connectivity index (χ4v) is 4.46. The minimum atomic E-state index is -0.342. The fourth-order valence-electron chi connectivity index (χ4n) is 4.28. The Bertz CT molecular complexity index is 711. The lowest BCUT2D eigenvalue weighted by Crippen LogP contribution is -2.50. The number of ether oxygens (including phenoxy) is 1. The van der Waals surface area contributed by atoms with Crippen LogP contribution in [0.25, 0.3) is 0 Å². The number of hydrogen-bond donors (Lipinski definition) is 1. The maximum Gasteiger partial charge on any atom is 0.236 e. The fraction of sp³-hybridized carbons (Fsp3) is 0.636. The van der Waals surface area contributed by atoms with Crippen LogP contribution in [-0.4, -0.2) is 60.9 Å². The Kier molecular flexibility index (Phi) is 7.41. The van der Waals surface area contributed by atoms with Crippen LogP contribution in [0.15, 0.2) is 24.3 Å². The van der Waals surface area contributed by atoms with Gasteiger partial charge in [0.2, 0.25) is 11.8 Å². The molecule has 0 bridgehead atoms. The first-order chi connectivity index (χ1) is 13.8. The van der Waals surface area contributed by atoms with Gasteiger partial charge < -0.3 is 15.4 Å². The predicted octanol–water partition coefficient (Wildman–Crippen LogP) is 2.93. The molecule has 160 valence electrons. The Hall–Kier alpha value is -1.79. The number of nitrogens with zero attached hydrogens (tertiary/aromatic N) is 2. The molecule has 0 unspecified atom stereocenters. The van der Waals surface area contributed by atoms with Crippen LogP contribution in [0.1, 0.15) is 39.0 Å². The van der Waals surface area contributed by atoms with E-state index < -0.39 is 0 Å². The van der Waals surface area contributed by atoms with Gasteiger partial charge in [-0.2, -0.15) is 0 Å². The van der Waals surface area contributed by atoms with E-state index in [9.17, 15) is 9.59 Å². The highest BCUT2D eigenvalue weighted by Crippen LogP contribution is 2.36. The van der Waals surface area contributed by atoms with Crippen molar-refractivity contribution in [2.24, 2.45) is 17.1 Å². The van der Waals surface area contributed by atoms with Crippen LogP contribution in [0.2, 0.25) is 5.02 Å². The average Bonchev–Trinajstić information content (AvgIpc) is 2.68. The molecule has 0 spiro atoms. The zero-order chi connectivity index (χ0) is 20.9. The van der Waals surface area contributed by atoms with E-state index in [-0.39, 0.29) is 23.7 Å². The van der Waals surface area contributed by atoms with Crippen molar-refractivity contribution in [2.45, 2.75) is 39.0 Å². The Balaban J connectivity index is 1.54. The highest BCUT2D eigenvalue weighted by Gasteiger charge is 2.38. The zero-order valence-electron chi connectivity index (χ0n) is 17.2. The van der Waals surface area contributed by atoms with Crippen LogP contribution in [0.3, 0.4) is 0 Å². The van der Waals surface area contributed by atoms with Crippen molar-refractivity contribution in [1.29, 1.82) is 0 Å². The number of halogens is 1. The van der Waals surface area contributed by atoms with E-state index >= 15 is 0 Å². The molecule has 3 rings (SSSR count). The lowest BCUT2D eigenvalue weighted by atomic mass is 9.76. The molecule has 0 saturated carbocycles. The largest absolute Gasteiger partial charge is 0.493 e. The second kappa shape index (κ2) is 9.81. The molecule has 0 aromatic heterocycles. The molecule has 2 N–H and O–H groups in total. The van der Waals surface area contributed by atoms with Gasteiger partial charge in [-0.15, -0.1) is 0 Å². The number of likely N-dealkylation sites (tertiary alicyclic amines) is 2. The minimum Gasteiger partial charge on any atom is -0.493 e. The van der Waals surface area contributed by atoms with Gasteiger partial charge in [0.05, 0.1) is 13.2 Å². The van der Waals surface area contributed by atoms with Crippen molar-refractivity contribution in [1.82, 2.24) is 9.80 Å². The first-order valence-corrected chi connectivity index (χ1v) is 10.9. The van der Waals surface area contributed by atoms with Crippen molar-refractivity contribution >= 4 is 23.4 Å². The van der Waals surface area contributed by atoms with Gasteiger partial charge >= 0.3 is 0 Å². The third kappa shape index (κ3) is 6.34. The lowest BCUT2D eigenvalue weighted by Gasteiger charge is -2.41. The highest BCUT2D eigenvalue weighted by molar-refractivity contribution is 6.30. The van der Waals surface area contributed by atoms with Gasteiger partial charge in [0.15, 0.2) is 0 Å². The Morgan fingerprint density at radius 2 is 1.90 bits per heavy atom. The molecule has 1 aromatic rings. The van der Waals surface area contributed by atoms with E-state index in [0.29, 0.717) is 49.9 Å². The van der Waals surface area contributed by atoms with Gasteiger partial charge in [-0.3, -0.25) is 14.5 Å². The van der Waals surface area contributed by atoms with E-state index in [0.717, 1.165) is 31.8 Å². The standard InChI is InChI=1S/C22H32ClN3O3/c1-17-5-9-25(10-6-17)15-21(28)26-11-7-22(8-12-26,14-20(24)27)16-29-19-4-2-3-18(23)13-19/h2-4,13,17H,5-12,14-16H2,1H3,(H2,24,27). The summed E-state index contributed by atoms with van der Waals surface area (Å²) in [4.78, 5) is 28.6. The van der Waals surface area contributed by atoms with E-state index in [1.807, 2.05) is 17.0 Å². The molecule has 7 heteroatoms. The van der Waals surface area contributed by atoms with Gasteiger partial charge in [0.25, 0.3) is 0 Å². The Morgan fingerprint density at radius 3 is 2.52 bits per heavy atom. The first kappa shape index (κ1) is 21.9. The van der Waals surface area contributed by atoms with Crippen molar-refractivity contribution in [2.75, 3.05) is 39.3 Å². The summed E-state index contributed by atoms with van der Waals surface area (Å²) >= 11 is 6.03. The molecular weight excluding hydrogens is 390 g/mol. The molecular formula is C22H32ClN3O3. The zero-order valence-corrected chi connectivity index (χ0v) is 18.0. The molecule has 2 amide bonds. The maximum absolute atomic E-state index is 12.7. The number of nitrogens with two attached hydrogens (primary N) is 1. The van der Waals surface area contributed by atoms with E-state index in [2.05, 4.69) is 11.8 Å². The van der Waals surface area contributed by atoms with Crippen molar-refractivity contribution in [3.8, 4) is 5.75 Å². The van der Waals surface area contributed by atoms with Crippen molar-refractivity contribution in [3.05, 3.63) is 29.3 Å². The number of carbonyl (C=O) groups is 2. The second-order valence-electron chi connectivity index (χ2n) is 8.73. The van der Waals surface area contributed by atoms with Crippen molar-refractivity contribution < 1.29 is 14.3 Å². The number of carbonyl (C=O) groups excluding carboxylic acids is 2. The van der Waals surface area contributed by atoms with Gasteiger partial charge in [-0.05, 0) is 62.9 Å². The van der Waals surface area contributed by atoms with Crippen LogP contribution in [0, 0.1) is 11.3 Å². The third-order valence-corrected chi connectivity index (χ3v) is 6.54. The summed E-state index contributed by atoms with van der Waals surface area (Å²) in [6.07, 6.45) is 4.00. The second-order valence-corrected chi connectivity index (χ2v) is 9.17. The number of piperidine rings is 2. The summed E-state index contributed by atoms with van der Waals surface area (Å²) in [6.45, 7) is 6.43. The summed E-state index contributed by atoms with van der Waals surface area (Å²) in [7, 11) is 0. The number of primary amides is 1. The minimum absolute atomic E-state index is 0.183. The summed E-state index contributed by atoms with van der Waals surface area (Å²) in [5.74, 6) is 1.29. The molecule has 1 aromatic carbocycles. The molecule has 0 aliphatic carbocycles. The number of hydrogen-bond acceptors (Lipinski definition) is 4. The molecule has 29 heavy (non-hydrogen) atoms. The average molecular weight is 422 g/mol. The highest BCUT2D eigenvalue weighted by atomic mass is 35.5. The van der Waals surface area contributed by atoms with E-state index in [1.54, 1.807) is 12.1 Å². The van der Waals surface area contributed by atoms with Crippen LogP contribution in [0.5, 0.6) is 5.75 Å². The van der Waals surface area contributed by atoms with Gasteiger partial charge in [0.1, 0.15) is 5.75 Å².